The Balaban J connectivity index is 2.25. The number of halogens is 3. The van der Waals surface area contributed by atoms with Crippen LogP contribution in [0, 0.1) is 0 Å². The van der Waals surface area contributed by atoms with E-state index >= 15 is 0 Å². The van der Waals surface area contributed by atoms with Crippen molar-refractivity contribution in [3.05, 3.63) is 42.5 Å². The van der Waals surface area contributed by atoms with Crippen LogP contribution in [0.1, 0.15) is 28.7 Å². The van der Waals surface area contributed by atoms with Crippen LogP contribution >= 0.6 is 47.8 Å². The van der Waals surface area contributed by atoms with Gasteiger partial charge in [0.2, 0.25) is 0 Å². The molecule has 21 heavy (non-hydrogen) atoms. The Morgan fingerprint density at radius 3 is 2.38 bits per heavy atom. The van der Waals surface area contributed by atoms with Crippen molar-refractivity contribution in [2.75, 3.05) is 0 Å². The van der Waals surface area contributed by atoms with E-state index < -0.39 is 0 Å². The van der Waals surface area contributed by atoms with Crippen molar-refractivity contribution in [3.63, 3.8) is 0 Å². The van der Waals surface area contributed by atoms with Crippen molar-refractivity contribution in [2.24, 2.45) is 7.05 Å². The van der Waals surface area contributed by atoms with Gasteiger partial charge in [0.05, 0.1) is 24.8 Å². The number of carbonyl (C=O) groups is 1. The minimum absolute atomic E-state index is 0.377. The second-order valence-corrected chi connectivity index (χ2v) is 6.91. The predicted molar refractivity (Wildman–Crippen MR) is 91.8 cm³/mol. The van der Waals surface area contributed by atoms with Crippen molar-refractivity contribution >= 4 is 54.1 Å². The fraction of sp³-hybridized carbons (Fsp3) is 0.286. The van der Waals surface area contributed by atoms with E-state index in [0.29, 0.717) is 17.9 Å². The molecule has 1 aromatic carbocycles. The first-order chi connectivity index (χ1) is 9.97. The number of hydrogen-bond donors (Lipinski definition) is 0. The second kappa shape index (κ2) is 7.07. The van der Waals surface area contributed by atoms with Crippen molar-refractivity contribution in [1.82, 2.24) is 9.78 Å². The highest BCUT2D eigenvalue weighted by Crippen LogP contribution is 2.35. The summed E-state index contributed by atoms with van der Waals surface area (Å²) in [6.45, 7) is 2.44. The van der Waals surface area contributed by atoms with E-state index in [1.807, 2.05) is 11.7 Å². The summed E-state index contributed by atoms with van der Waals surface area (Å²) in [6.07, 6.45) is 1.65. The molecule has 2 rings (SSSR count). The van der Waals surface area contributed by atoms with Gasteiger partial charge in [-0.2, -0.15) is 5.10 Å². The van der Waals surface area contributed by atoms with Crippen LogP contribution in [0.15, 0.2) is 25.6 Å². The third-order valence-electron chi connectivity index (χ3n) is 3.01. The molecule has 4 nitrogen and oxygen atoms in total. The van der Waals surface area contributed by atoms with E-state index in [4.69, 9.17) is 4.74 Å². The van der Waals surface area contributed by atoms with Gasteiger partial charge in [-0.1, -0.05) is 6.92 Å². The summed E-state index contributed by atoms with van der Waals surface area (Å²) in [6, 6.07) is 3.45. The van der Waals surface area contributed by atoms with E-state index in [1.54, 1.807) is 12.1 Å². The molecule has 0 aliphatic heterocycles. The largest absolute Gasteiger partial charge is 0.485 e. The van der Waals surface area contributed by atoms with Gasteiger partial charge in [-0.3, -0.25) is 9.48 Å². The molecule has 0 fully saturated rings. The van der Waals surface area contributed by atoms with Crippen molar-refractivity contribution < 1.29 is 9.53 Å². The number of aryl methyl sites for hydroxylation is 2. The van der Waals surface area contributed by atoms with Crippen LogP contribution in [-0.4, -0.2) is 16.1 Å². The van der Waals surface area contributed by atoms with Gasteiger partial charge in [0.15, 0.2) is 0 Å². The highest BCUT2D eigenvalue weighted by Gasteiger charge is 2.15. The van der Waals surface area contributed by atoms with Crippen LogP contribution in [0.25, 0.3) is 0 Å². The molecule has 0 radical (unpaired) electrons. The van der Waals surface area contributed by atoms with Gasteiger partial charge in [0.1, 0.15) is 18.6 Å². The zero-order chi connectivity index (χ0) is 15.6. The number of aldehydes is 1. The topological polar surface area (TPSA) is 44.1 Å². The fourth-order valence-corrected chi connectivity index (χ4v) is 4.08. The third-order valence-corrected chi connectivity index (χ3v) is 5.11. The molecule has 0 aliphatic rings. The van der Waals surface area contributed by atoms with E-state index in [9.17, 15) is 4.79 Å². The number of ether oxygens (including phenoxy) is 1. The summed E-state index contributed by atoms with van der Waals surface area (Å²) < 4.78 is 10.1. The summed E-state index contributed by atoms with van der Waals surface area (Å²) in [5, 5.41) is 4.43. The number of hydrogen-bond acceptors (Lipinski definition) is 3. The van der Waals surface area contributed by atoms with E-state index in [2.05, 4.69) is 59.8 Å². The molecule has 0 saturated carbocycles. The minimum atomic E-state index is 0.377. The Kier molecular flexibility index (Phi) is 5.62. The van der Waals surface area contributed by atoms with E-state index in [0.717, 1.165) is 37.5 Å². The van der Waals surface area contributed by atoms with Gasteiger partial charge in [0.25, 0.3) is 0 Å². The van der Waals surface area contributed by atoms with Gasteiger partial charge in [0, 0.05) is 12.6 Å². The van der Waals surface area contributed by atoms with Crippen LogP contribution in [0.3, 0.4) is 0 Å². The zero-order valence-corrected chi connectivity index (χ0v) is 16.2. The number of rotatable bonds is 5. The number of nitrogens with zero attached hydrogens (tertiary/aromatic N) is 2. The molecule has 0 N–H and O–H groups in total. The molecule has 1 heterocycles. The maximum Gasteiger partial charge on any atom is 0.150 e. The molecule has 7 heteroatoms. The molecule has 0 saturated heterocycles. The van der Waals surface area contributed by atoms with Crippen molar-refractivity contribution in [2.45, 2.75) is 20.0 Å². The van der Waals surface area contributed by atoms with Crippen molar-refractivity contribution in [3.8, 4) is 5.75 Å². The van der Waals surface area contributed by atoms with Gasteiger partial charge in [-0.05, 0) is 66.3 Å². The third kappa shape index (κ3) is 3.57. The zero-order valence-electron chi connectivity index (χ0n) is 11.5. The predicted octanol–water partition coefficient (Wildman–Crippen LogP) is 4.66. The lowest BCUT2D eigenvalue weighted by Gasteiger charge is -2.11. The molecule has 0 spiro atoms. The average Bonchev–Trinajstić information content (AvgIpc) is 2.72. The number of benzene rings is 1. The Morgan fingerprint density at radius 1 is 1.29 bits per heavy atom. The Labute approximate surface area is 148 Å². The standard InChI is InChI=1S/C14H13Br3N2O2/c1-3-11-13(17)12(19(2)18-11)7-21-14-9(15)4-8(6-20)5-10(14)16/h4-6H,3,7H2,1-2H3. The summed E-state index contributed by atoms with van der Waals surface area (Å²) in [4.78, 5) is 10.8. The molecule has 0 bridgehead atoms. The lowest BCUT2D eigenvalue weighted by atomic mass is 10.2. The SMILES string of the molecule is CCc1nn(C)c(COc2c(Br)cc(C=O)cc2Br)c1Br. The highest BCUT2D eigenvalue weighted by atomic mass is 79.9. The van der Waals surface area contributed by atoms with Gasteiger partial charge < -0.3 is 4.74 Å². The van der Waals surface area contributed by atoms with Crippen LogP contribution in [0.5, 0.6) is 5.75 Å². The first-order valence-corrected chi connectivity index (χ1v) is 8.63. The van der Waals surface area contributed by atoms with E-state index in [-0.39, 0.29) is 0 Å². The number of aromatic nitrogens is 2. The number of carbonyl (C=O) groups excluding carboxylic acids is 1. The molecule has 0 amide bonds. The molecule has 2 aromatic rings. The lowest BCUT2D eigenvalue weighted by Crippen LogP contribution is -2.04. The average molecular weight is 481 g/mol. The minimum Gasteiger partial charge on any atom is -0.485 e. The van der Waals surface area contributed by atoms with E-state index in [1.165, 1.54) is 0 Å². The first-order valence-electron chi connectivity index (χ1n) is 6.25. The Hall–Kier alpha value is -0.660. The molecular weight excluding hydrogens is 468 g/mol. The Morgan fingerprint density at radius 2 is 1.90 bits per heavy atom. The molecule has 0 unspecified atom stereocenters. The quantitative estimate of drug-likeness (QED) is 0.584. The monoisotopic (exact) mass is 478 g/mol. The van der Waals surface area contributed by atoms with Gasteiger partial charge in [-0.15, -0.1) is 0 Å². The van der Waals surface area contributed by atoms with Crippen LogP contribution < -0.4 is 4.74 Å². The first kappa shape index (κ1) is 16.7. The summed E-state index contributed by atoms with van der Waals surface area (Å²) in [7, 11) is 1.89. The smallest absolute Gasteiger partial charge is 0.150 e. The maximum absolute atomic E-state index is 10.8. The molecule has 112 valence electrons. The van der Waals surface area contributed by atoms with Gasteiger partial charge >= 0.3 is 0 Å². The molecule has 0 atom stereocenters. The highest BCUT2D eigenvalue weighted by molar-refractivity contribution is 9.11. The van der Waals surface area contributed by atoms with Crippen LogP contribution in [0.2, 0.25) is 0 Å². The summed E-state index contributed by atoms with van der Waals surface area (Å²) >= 11 is 10.4. The lowest BCUT2D eigenvalue weighted by molar-refractivity contribution is 0.112. The Bertz CT molecular complexity index is 660. The maximum atomic E-state index is 10.8. The van der Waals surface area contributed by atoms with Crippen LogP contribution in [0.4, 0.5) is 0 Å². The molecule has 1 aromatic heterocycles. The van der Waals surface area contributed by atoms with Crippen LogP contribution in [-0.2, 0) is 20.1 Å². The fourth-order valence-electron chi connectivity index (χ4n) is 1.90. The normalized spacial score (nSPS) is 10.7. The summed E-state index contributed by atoms with van der Waals surface area (Å²) in [5.41, 5.74) is 2.55. The van der Waals surface area contributed by atoms with Gasteiger partial charge in [-0.25, -0.2) is 0 Å². The summed E-state index contributed by atoms with van der Waals surface area (Å²) in [5.74, 6) is 0.659. The van der Waals surface area contributed by atoms with Crippen molar-refractivity contribution in [1.29, 1.82) is 0 Å². The molecule has 0 aliphatic carbocycles. The molecular formula is C14H13Br3N2O2. The second-order valence-electron chi connectivity index (χ2n) is 4.40.